The molecular weight excluding hydrogens is 228 g/mol. The van der Waals surface area contributed by atoms with Gasteiger partial charge in [0.25, 0.3) is 0 Å². The summed E-state index contributed by atoms with van der Waals surface area (Å²) >= 11 is 0. The molecule has 0 amide bonds. The van der Waals surface area contributed by atoms with E-state index in [0.29, 0.717) is 18.2 Å². The molecule has 0 unspecified atom stereocenters. The van der Waals surface area contributed by atoms with Crippen LogP contribution in [-0.2, 0) is 0 Å². The van der Waals surface area contributed by atoms with E-state index >= 15 is 0 Å². The number of nitrogens with two attached hydrogens (primary N) is 1. The first kappa shape index (κ1) is 10.8. The molecule has 1 aromatic carbocycles. The standard InChI is InChI=1S/C13H14N4O/c14-10-8-15-13(16-9-10)17-6-3-7-18-12-5-2-1-4-11(12)17/h1-2,4-5,8-9H,3,6-7,14H2. The lowest BCUT2D eigenvalue weighted by atomic mass is 10.2. The first-order chi connectivity index (χ1) is 8.84. The first-order valence-electron chi connectivity index (χ1n) is 5.91. The van der Waals surface area contributed by atoms with Crippen molar-refractivity contribution in [2.24, 2.45) is 0 Å². The summed E-state index contributed by atoms with van der Waals surface area (Å²) < 4.78 is 5.70. The van der Waals surface area contributed by atoms with E-state index in [0.717, 1.165) is 24.4 Å². The van der Waals surface area contributed by atoms with Crippen molar-refractivity contribution in [3.63, 3.8) is 0 Å². The van der Waals surface area contributed by atoms with E-state index in [-0.39, 0.29) is 0 Å². The predicted octanol–water partition coefficient (Wildman–Crippen LogP) is 1.98. The average molecular weight is 242 g/mol. The van der Waals surface area contributed by atoms with E-state index in [2.05, 4.69) is 14.9 Å². The van der Waals surface area contributed by atoms with Crippen molar-refractivity contribution < 1.29 is 4.74 Å². The molecule has 0 radical (unpaired) electrons. The molecule has 1 aromatic heterocycles. The number of anilines is 3. The fourth-order valence-corrected chi connectivity index (χ4v) is 2.01. The third kappa shape index (κ3) is 1.95. The van der Waals surface area contributed by atoms with Gasteiger partial charge in [0.2, 0.25) is 5.95 Å². The monoisotopic (exact) mass is 242 g/mol. The van der Waals surface area contributed by atoms with Crippen molar-refractivity contribution in [2.45, 2.75) is 6.42 Å². The highest BCUT2D eigenvalue weighted by atomic mass is 16.5. The molecule has 92 valence electrons. The molecule has 0 aliphatic carbocycles. The number of para-hydroxylation sites is 2. The Morgan fingerprint density at radius 2 is 1.94 bits per heavy atom. The molecular formula is C13H14N4O. The highest BCUT2D eigenvalue weighted by Gasteiger charge is 2.18. The Hall–Kier alpha value is -2.30. The lowest BCUT2D eigenvalue weighted by molar-refractivity contribution is 0.322. The molecule has 18 heavy (non-hydrogen) atoms. The first-order valence-corrected chi connectivity index (χ1v) is 5.91. The smallest absolute Gasteiger partial charge is 0.230 e. The molecule has 0 fully saturated rings. The number of aromatic nitrogens is 2. The van der Waals surface area contributed by atoms with Gasteiger partial charge in [-0.25, -0.2) is 9.97 Å². The Balaban J connectivity index is 2.03. The Kier molecular flexibility index (Phi) is 2.72. The second kappa shape index (κ2) is 4.52. The number of nitrogens with zero attached hydrogens (tertiary/aromatic N) is 3. The average Bonchev–Trinajstić information content (AvgIpc) is 2.62. The minimum absolute atomic E-state index is 0.568. The second-order valence-corrected chi connectivity index (χ2v) is 4.14. The SMILES string of the molecule is Nc1cnc(N2CCCOc3ccccc32)nc1. The van der Waals surface area contributed by atoms with Crippen LogP contribution >= 0.6 is 0 Å². The topological polar surface area (TPSA) is 64.3 Å². The van der Waals surface area contributed by atoms with Crippen molar-refractivity contribution >= 4 is 17.3 Å². The van der Waals surface area contributed by atoms with Crippen LogP contribution in [0.4, 0.5) is 17.3 Å². The Morgan fingerprint density at radius 3 is 2.78 bits per heavy atom. The normalized spacial score (nSPS) is 14.6. The molecule has 0 spiro atoms. The number of rotatable bonds is 1. The third-order valence-electron chi connectivity index (χ3n) is 2.84. The number of hydrogen-bond acceptors (Lipinski definition) is 5. The third-order valence-corrected chi connectivity index (χ3v) is 2.84. The van der Waals surface area contributed by atoms with Crippen LogP contribution in [0.1, 0.15) is 6.42 Å². The van der Waals surface area contributed by atoms with Crippen LogP contribution in [0, 0.1) is 0 Å². The molecule has 0 saturated heterocycles. The largest absolute Gasteiger partial charge is 0.491 e. The highest BCUT2D eigenvalue weighted by Crippen LogP contribution is 2.33. The summed E-state index contributed by atoms with van der Waals surface area (Å²) in [6, 6.07) is 7.93. The lowest BCUT2D eigenvalue weighted by Crippen LogP contribution is -2.20. The molecule has 0 bridgehead atoms. The zero-order chi connectivity index (χ0) is 12.4. The summed E-state index contributed by atoms with van der Waals surface area (Å²) in [5.74, 6) is 1.53. The fraction of sp³-hybridized carbons (Fsp3) is 0.231. The summed E-state index contributed by atoms with van der Waals surface area (Å²) in [5, 5.41) is 0. The van der Waals surface area contributed by atoms with Crippen molar-refractivity contribution in [3.05, 3.63) is 36.7 Å². The Bertz CT molecular complexity index is 541. The van der Waals surface area contributed by atoms with Gasteiger partial charge in [-0.2, -0.15) is 0 Å². The minimum Gasteiger partial charge on any atom is -0.491 e. The van der Waals surface area contributed by atoms with Gasteiger partial charge in [0, 0.05) is 6.54 Å². The minimum atomic E-state index is 0.568. The maximum atomic E-state index is 5.70. The van der Waals surface area contributed by atoms with Gasteiger partial charge in [0.15, 0.2) is 0 Å². The maximum absolute atomic E-state index is 5.70. The molecule has 5 heteroatoms. The van der Waals surface area contributed by atoms with Crippen LogP contribution in [-0.4, -0.2) is 23.1 Å². The van der Waals surface area contributed by atoms with Crippen LogP contribution < -0.4 is 15.4 Å². The summed E-state index contributed by atoms with van der Waals surface area (Å²) in [6.07, 6.45) is 4.18. The van der Waals surface area contributed by atoms with Gasteiger partial charge in [-0.1, -0.05) is 12.1 Å². The Labute approximate surface area is 105 Å². The van der Waals surface area contributed by atoms with E-state index in [1.165, 1.54) is 0 Å². The molecule has 1 aliphatic heterocycles. The van der Waals surface area contributed by atoms with E-state index in [4.69, 9.17) is 10.5 Å². The van der Waals surface area contributed by atoms with Gasteiger partial charge in [0.1, 0.15) is 5.75 Å². The number of nitrogen functional groups attached to an aromatic ring is 1. The number of ether oxygens (including phenoxy) is 1. The number of benzene rings is 1. The molecule has 0 atom stereocenters. The van der Waals surface area contributed by atoms with E-state index in [1.54, 1.807) is 12.4 Å². The van der Waals surface area contributed by atoms with Gasteiger partial charge in [-0.15, -0.1) is 0 Å². The molecule has 0 saturated carbocycles. The summed E-state index contributed by atoms with van der Waals surface area (Å²) in [7, 11) is 0. The van der Waals surface area contributed by atoms with Gasteiger partial charge in [-0.3, -0.25) is 0 Å². The molecule has 1 aliphatic rings. The van der Waals surface area contributed by atoms with Crippen LogP contribution in [0.25, 0.3) is 0 Å². The lowest BCUT2D eigenvalue weighted by Gasteiger charge is -2.21. The van der Waals surface area contributed by atoms with E-state index in [1.807, 2.05) is 24.3 Å². The van der Waals surface area contributed by atoms with Crippen LogP contribution in [0.15, 0.2) is 36.7 Å². The maximum Gasteiger partial charge on any atom is 0.230 e. The molecule has 2 N–H and O–H groups in total. The summed E-state index contributed by atoms with van der Waals surface area (Å²) in [6.45, 7) is 1.55. The van der Waals surface area contributed by atoms with Crippen molar-refractivity contribution in [3.8, 4) is 5.75 Å². The van der Waals surface area contributed by atoms with Crippen LogP contribution in [0.3, 0.4) is 0 Å². The van der Waals surface area contributed by atoms with Crippen LogP contribution in [0.5, 0.6) is 5.75 Å². The van der Waals surface area contributed by atoms with Gasteiger partial charge in [0.05, 0.1) is 30.4 Å². The Morgan fingerprint density at radius 1 is 1.17 bits per heavy atom. The number of fused-ring (bicyclic) bond motifs is 1. The zero-order valence-corrected chi connectivity index (χ0v) is 9.91. The zero-order valence-electron chi connectivity index (χ0n) is 9.91. The quantitative estimate of drug-likeness (QED) is 0.828. The van der Waals surface area contributed by atoms with Gasteiger partial charge < -0.3 is 15.4 Å². The van der Waals surface area contributed by atoms with E-state index < -0.39 is 0 Å². The van der Waals surface area contributed by atoms with Crippen LogP contribution in [0.2, 0.25) is 0 Å². The highest BCUT2D eigenvalue weighted by molar-refractivity contribution is 5.65. The van der Waals surface area contributed by atoms with Crippen molar-refractivity contribution in [2.75, 3.05) is 23.8 Å². The van der Waals surface area contributed by atoms with Crippen molar-refractivity contribution in [1.29, 1.82) is 0 Å². The fourth-order valence-electron chi connectivity index (χ4n) is 2.01. The molecule has 5 nitrogen and oxygen atoms in total. The van der Waals surface area contributed by atoms with Crippen molar-refractivity contribution in [1.82, 2.24) is 9.97 Å². The predicted molar refractivity (Wildman–Crippen MR) is 70.0 cm³/mol. The number of hydrogen-bond donors (Lipinski definition) is 1. The molecule has 2 aromatic rings. The van der Waals surface area contributed by atoms with E-state index in [9.17, 15) is 0 Å². The second-order valence-electron chi connectivity index (χ2n) is 4.14. The van der Waals surface area contributed by atoms with Gasteiger partial charge in [-0.05, 0) is 18.6 Å². The summed E-state index contributed by atoms with van der Waals surface area (Å²) in [5.41, 5.74) is 7.18. The molecule has 2 heterocycles. The summed E-state index contributed by atoms with van der Waals surface area (Å²) in [4.78, 5) is 10.6. The molecule has 3 rings (SSSR count). The van der Waals surface area contributed by atoms with Gasteiger partial charge >= 0.3 is 0 Å².